The summed E-state index contributed by atoms with van der Waals surface area (Å²) in [4.78, 5) is 5.74. The summed E-state index contributed by atoms with van der Waals surface area (Å²) in [6, 6.07) is 2.11. The fourth-order valence-electron chi connectivity index (χ4n) is 1.54. The average molecular weight is 239 g/mol. The van der Waals surface area contributed by atoms with Gasteiger partial charge in [0.2, 0.25) is 0 Å². The zero-order valence-electron chi connectivity index (χ0n) is 8.65. The van der Waals surface area contributed by atoms with Crippen molar-refractivity contribution in [3.63, 3.8) is 0 Å². The van der Waals surface area contributed by atoms with Gasteiger partial charge in [-0.2, -0.15) is 0 Å². The van der Waals surface area contributed by atoms with Gasteiger partial charge in [0.1, 0.15) is 0 Å². The lowest BCUT2D eigenvalue weighted by Crippen LogP contribution is -2.29. The molecule has 15 heavy (non-hydrogen) atoms. The van der Waals surface area contributed by atoms with Gasteiger partial charge in [-0.1, -0.05) is 0 Å². The van der Waals surface area contributed by atoms with E-state index in [0.717, 1.165) is 10.7 Å². The number of hydrogen-bond donors (Lipinski definition) is 2. The Morgan fingerprint density at radius 2 is 2.20 bits per heavy atom. The number of aromatic nitrogens is 1. The molecule has 0 amide bonds. The van der Waals surface area contributed by atoms with Gasteiger partial charge < -0.3 is 0 Å². The topological polar surface area (TPSA) is 50.9 Å². The Labute approximate surface area is 96.9 Å². The summed E-state index contributed by atoms with van der Waals surface area (Å²) in [6.45, 7) is 4.10. The van der Waals surface area contributed by atoms with Crippen LogP contribution in [0.15, 0.2) is 16.8 Å². The molecule has 0 fully saturated rings. The lowest BCUT2D eigenvalue weighted by Gasteiger charge is -2.13. The van der Waals surface area contributed by atoms with E-state index in [1.807, 2.05) is 6.92 Å². The van der Waals surface area contributed by atoms with Gasteiger partial charge in [-0.05, 0) is 30.9 Å². The van der Waals surface area contributed by atoms with Crippen LogP contribution in [0, 0.1) is 13.8 Å². The Morgan fingerprint density at radius 3 is 2.67 bits per heavy atom. The summed E-state index contributed by atoms with van der Waals surface area (Å²) >= 11 is 3.38. The molecule has 0 aliphatic rings. The number of nitrogens with zero attached hydrogens (tertiary/aromatic N) is 1. The van der Waals surface area contributed by atoms with Gasteiger partial charge in [-0.25, -0.2) is 10.4 Å². The molecule has 0 saturated heterocycles. The number of thiophene rings is 1. The Kier molecular flexibility index (Phi) is 3.16. The van der Waals surface area contributed by atoms with Crippen LogP contribution >= 0.6 is 22.7 Å². The van der Waals surface area contributed by atoms with Crippen molar-refractivity contribution in [3.8, 4) is 0 Å². The molecule has 0 saturated carbocycles. The van der Waals surface area contributed by atoms with Gasteiger partial charge in [0, 0.05) is 10.3 Å². The third kappa shape index (κ3) is 2.10. The predicted octanol–water partition coefficient (Wildman–Crippen LogP) is 2.37. The number of hydrogen-bond acceptors (Lipinski definition) is 5. The molecule has 0 radical (unpaired) electrons. The number of hydrazine groups is 1. The Bertz CT molecular complexity index is 447. The maximum absolute atomic E-state index is 5.59. The van der Waals surface area contributed by atoms with Crippen LogP contribution in [0.25, 0.3) is 0 Å². The van der Waals surface area contributed by atoms with Crippen LogP contribution in [-0.4, -0.2) is 4.98 Å². The Hall–Kier alpha value is -0.750. The van der Waals surface area contributed by atoms with E-state index >= 15 is 0 Å². The monoisotopic (exact) mass is 239 g/mol. The van der Waals surface area contributed by atoms with Crippen molar-refractivity contribution in [1.82, 2.24) is 10.4 Å². The highest BCUT2D eigenvalue weighted by Crippen LogP contribution is 2.28. The van der Waals surface area contributed by atoms with Crippen molar-refractivity contribution in [1.29, 1.82) is 0 Å². The second-order valence-electron chi connectivity index (χ2n) is 3.32. The molecule has 2 rings (SSSR count). The summed E-state index contributed by atoms with van der Waals surface area (Å²) < 4.78 is 0. The fraction of sp³-hybridized carbons (Fsp3) is 0.300. The number of nitrogens with two attached hydrogens (primary N) is 1. The lowest BCUT2D eigenvalue weighted by molar-refractivity contribution is 0.622. The maximum Gasteiger partial charge on any atom is 0.0900 e. The predicted molar refractivity (Wildman–Crippen MR) is 65.1 cm³/mol. The van der Waals surface area contributed by atoms with Crippen LogP contribution in [0.1, 0.15) is 27.2 Å². The molecule has 0 aliphatic heterocycles. The first-order valence-corrected chi connectivity index (χ1v) is 6.40. The first-order chi connectivity index (χ1) is 7.22. The normalized spacial score (nSPS) is 13.0. The summed E-state index contributed by atoms with van der Waals surface area (Å²) in [6.07, 6.45) is 0. The minimum Gasteiger partial charge on any atom is -0.271 e. The van der Waals surface area contributed by atoms with E-state index in [1.165, 1.54) is 10.4 Å². The molecule has 0 aliphatic carbocycles. The van der Waals surface area contributed by atoms with Crippen molar-refractivity contribution in [2.24, 2.45) is 5.84 Å². The van der Waals surface area contributed by atoms with Crippen LogP contribution in [0.2, 0.25) is 0 Å². The van der Waals surface area contributed by atoms with Gasteiger partial charge in [0.25, 0.3) is 0 Å². The molecular weight excluding hydrogens is 226 g/mol. The van der Waals surface area contributed by atoms with E-state index in [4.69, 9.17) is 5.84 Å². The van der Waals surface area contributed by atoms with Crippen LogP contribution in [0.3, 0.4) is 0 Å². The highest BCUT2D eigenvalue weighted by atomic mass is 32.1. The van der Waals surface area contributed by atoms with Crippen LogP contribution < -0.4 is 11.3 Å². The zero-order chi connectivity index (χ0) is 10.8. The van der Waals surface area contributed by atoms with Crippen LogP contribution in [-0.2, 0) is 0 Å². The molecule has 1 unspecified atom stereocenters. The summed E-state index contributed by atoms with van der Waals surface area (Å²) in [5, 5.41) is 5.20. The minimum atomic E-state index is 0.0150. The number of thiazole rings is 1. The molecule has 2 heterocycles. The second-order valence-corrected chi connectivity index (χ2v) is 5.51. The molecule has 3 nitrogen and oxygen atoms in total. The third-order valence-electron chi connectivity index (χ3n) is 2.31. The van der Waals surface area contributed by atoms with Gasteiger partial charge in [0.05, 0.1) is 16.7 Å². The number of aryl methyl sites for hydroxylation is 2. The fourth-order valence-corrected chi connectivity index (χ4v) is 2.92. The van der Waals surface area contributed by atoms with Gasteiger partial charge >= 0.3 is 0 Å². The van der Waals surface area contributed by atoms with E-state index in [1.54, 1.807) is 22.7 Å². The van der Waals surface area contributed by atoms with Gasteiger partial charge in [-0.3, -0.25) is 5.84 Å². The zero-order valence-corrected chi connectivity index (χ0v) is 10.3. The standard InChI is InChI=1S/C10H13N3S2/c1-6-8(3-4-14-6)10(13-11)9-5-15-7(2)12-9/h3-5,10,13H,11H2,1-2H3. The maximum atomic E-state index is 5.59. The Balaban J connectivity index is 2.36. The highest BCUT2D eigenvalue weighted by Gasteiger charge is 2.17. The molecule has 2 aromatic heterocycles. The smallest absolute Gasteiger partial charge is 0.0900 e. The van der Waals surface area contributed by atoms with Gasteiger partial charge in [-0.15, -0.1) is 22.7 Å². The number of rotatable bonds is 3. The van der Waals surface area contributed by atoms with Crippen molar-refractivity contribution in [3.05, 3.63) is 38.0 Å². The first-order valence-electron chi connectivity index (χ1n) is 4.64. The minimum absolute atomic E-state index is 0.0150. The van der Waals surface area contributed by atoms with E-state index in [-0.39, 0.29) is 6.04 Å². The second kappa shape index (κ2) is 4.40. The molecule has 0 aromatic carbocycles. The van der Waals surface area contributed by atoms with Crippen LogP contribution in [0.4, 0.5) is 0 Å². The molecule has 5 heteroatoms. The summed E-state index contributed by atoms with van der Waals surface area (Å²) in [5.41, 5.74) is 5.04. The van der Waals surface area contributed by atoms with E-state index < -0.39 is 0 Å². The average Bonchev–Trinajstić information content (AvgIpc) is 2.79. The largest absolute Gasteiger partial charge is 0.271 e. The molecule has 0 spiro atoms. The lowest BCUT2D eigenvalue weighted by atomic mass is 10.1. The van der Waals surface area contributed by atoms with Gasteiger partial charge in [0.15, 0.2) is 0 Å². The van der Waals surface area contributed by atoms with Crippen molar-refractivity contribution in [2.75, 3.05) is 0 Å². The highest BCUT2D eigenvalue weighted by molar-refractivity contribution is 7.10. The van der Waals surface area contributed by atoms with E-state index in [0.29, 0.717) is 0 Å². The van der Waals surface area contributed by atoms with Crippen molar-refractivity contribution in [2.45, 2.75) is 19.9 Å². The molecule has 80 valence electrons. The first kappa shape index (κ1) is 10.8. The quantitative estimate of drug-likeness (QED) is 0.638. The van der Waals surface area contributed by atoms with E-state index in [9.17, 15) is 0 Å². The Morgan fingerprint density at radius 1 is 1.40 bits per heavy atom. The third-order valence-corrected chi connectivity index (χ3v) is 3.96. The van der Waals surface area contributed by atoms with E-state index in [2.05, 4.69) is 34.2 Å². The summed E-state index contributed by atoms with van der Waals surface area (Å²) in [7, 11) is 0. The molecule has 2 aromatic rings. The molecule has 0 bridgehead atoms. The molecule has 1 atom stereocenters. The SMILES string of the molecule is Cc1nc(C(NN)c2ccsc2C)cs1. The number of nitrogens with one attached hydrogen (secondary N) is 1. The molecular formula is C10H13N3S2. The molecule has 3 N–H and O–H groups in total. The summed E-state index contributed by atoms with van der Waals surface area (Å²) in [5.74, 6) is 5.59. The van der Waals surface area contributed by atoms with Crippen molar-refractivity contribution < 1.29 is 0 Å². The van der Waals surface area contributed by atoms with Crippen molar-refractivity contribution >= 4 is 22.7 Å². The van der Waals surface area contributed by atoms with Crippen LogP contribution in [0.5, 0.6) is 0 Å².